The summed E-state index contributed by atoms with van der Waals surface area (Å²) in [5, 5.41) is 10.4. The molecular weight excluding hydrogens is 306 g/mol. The van der Waals surface area contributed by atoms with E-state index in [4.69, 9.17) is 4.74 Å². The van der Waals surface area contributed by atoms with Crippen molar-refractivity contribution in [1.82, 2.24) is 0 Å². The van der Waals surface area contributed by atoms with Crippen molar-refractivity contribution in [3.63, 3.8) is 0 Å². The highest BCUT2D eigenvalue weighted by atomic mass is 79.9. The smallest absolute Gasteiger partial charge is 0.137 e. The maximum Gasteiger partial charge on any atom is 0.137 e. The summed E-state index contributed by atoms with van der Waals surface area (Å²) in [6, 6.07) is 5.97. The van der Waals surface area contributed by atoms with Crippen LogP contribution in [-0.4, -0.2) is 31.4 Å². The van der Waals surface area contributed by atoms with E-state index in [0.717, 1.165) is 47.4 Å². The van der Waals surface area contributed by atoms with Gasteiger partial charge in [-0.05, 0) is 18.2 Å². The summed E-state index contributed by atoms with van der Waals surface area (Å²) >= 11 is 3.49. The van der Waals surface area contributed by atoms with Gasteiger partial charge in [0.05, 0.1) is 20.2 Å². The first-order chi connectivity index (χ1) is 9.19. The molecule has 3 saturated heterocycles. The number of benzene rings is 1. The van der Waals surface area contributed by atoms with Crippen LogP contribution >= 0.6 is 15.9 Å². The predicted molar refractivity (Wildman–Crippen MR) is 78.1 cm³/mol. The Hall–Kier alpha value is -0.840. The van der Waals surface area contributed by atoms with E-state index >= 15 is 0 Å². The second-order valence-corrected chi connectivity index (χ2v) is 6.29. The van der Waals surface area contributed by atoms with Gasteiger partial charge < -0.3 is 14.7 Å². The van der Waals surface area contributed by atoms with Crippen LogP contribution in [0.15, 0.2) is 28.4 Å². The SMILES string of the molecule is COc1ccc(Br)cc1/C=C1/[C@@H](O)C2CC[NH+]1CC2. The first kappa shape index (κ1) is 13.2. The van der Waals surface area contributed by atoms with Gasteiger partial charge in [0.15, 0.2) is 0 Å². The van der Waals surface area contributed by atoms with E-state index in [2.05, 4.69) is 22.0 Å². The van der Waals surface area contributed by atoms with Crippen molar-refractivity contribution in [2.24, 2.45) is 5.92 Å². The third kappa shape index (κ3) is 2.45. The fourth-order valence-electron chi connectivity index (χ4n) is 3.23. The van der Waals surface area contributed by atoms with E-state index < -0.39 is 0 Å². The summed E-state index contributed by atoms with van der Waals surface area (Å²) in [6.07, 6.45) is 4.10. The van der Waals surface area contributed by atoms with Crippen molar-refractivity contribution in [1.29, 1.82) is 0 Å². The highest BCUT2D eigenvalue weighted by Crippen LogP contribution is 2.29. The minimum absolute atomic E-state index is 0.291. The van der Waals surface area contributed by atoms with Crippen molar-refractivity contribution in [2.75, 3.05) is 20.2 Å². The van der Waals surface area contributed by atoms with E-state index in [1.807, 2.05) is 18.2 Å². The van der Waals surface area contributed by atoms with Crippen LogP contribution in [0.5, 0.6) is 5.75 Å². The van der Waals surface area contributed by atoms with Gasteiger partial charge >= 0.3 is 0 Å². The number of halogens is 1. The summed E-state index contributed by atoms with van der Waals surface area (Å²) < 4.78 is 6.43. The van der Waals surface area contributed by atoms with Gasteiger partial charge in [0.1, 0.15) is 17.6 Å². The molecule has 2 bridgehead atoms. The molecule has 19 heavy (non-hydrogen) atoms. The van der Waals surface area contributed by atoms with E-state index in [9.17, 15) is 5.11 Å². The number of hydrogen-bond donors (Lipinski definition) is 2. The second kappa shape index (κ2) is 5.27. The lowest BCUT2D eigenvalue weighted by Crippen LogP contribution is -3.14. The van der Waals surface area contributed by atoms with Gasteiger partial charge in [-0.15, -0.1) is 0 Å². The van der Waals surface area contributed by atoms with Crippen LogP contribution in [0.2, 0.25) is 0 Å². The van der Waals surface area contributed by atoms with Crippen LogP contribution in [0.25, 0.3) is 6.08 Å². The minimum Gasteiger partial charge on any atom is -0.496 e. The van der Waals surface area contributed by atoms with Crippen molar-refractivity contribution >= 4 is 22.0 Å². The Morgan fingerprint density at radius 2 is 2.11 bits per heavy atom. The highest BCUT2D eigenvalue weighted by molar-refractivity contribution is 9.10. The van der Waals surface area contributed by atoms with Gasteiger partial charge in [0.2, 0.25) is 0 Å². The molecule has 0 unspecified atom stereocenters. The minimum atomic E-state index is -0.291. The van der Waals surface area contributed by atoms with E-state index in [1.54, 1.807) is 7.11 Å². The molecule has 3 heterocycles. The number of ether oxygens (including phenoxy) is 1. The Kier molecular flexibility index (Phi) is 3.65. The molecule has 3 aliphatic heterocycles. The van der Waals surface area contributed by atoms with E-state index in [-0.39, 0.29) is 6.10 Å². The maximum absolute atomic E-state index is 10.4. The Bertz CT molecular complexity index is 503. The fourth-order valence-corrected chi connectivity index (χ4v) is 3.61. The van der Waals surface area contributed by atoms with Crippen LogP contribution in [0, 0.1) is 5.92 Å². The molecule has 0 aromatic heterocycles. The zero-order chi connectivity index (χ0) is 13.4. The predicted octanol–water partition coefficient (Wildman–Crippen LogP) is 1.47. The largest absolute Gasteiger partial charge is 0.496 e. The summed E-state index contributed by atoms with van der Waals surface area (Å²) in [5.74, 6) is 1.30. The lowest BCUT2D eigenvalue weighted by atomic mass is 9.83. The van der Waals surface area contributed by atoms with E-state index in [1.165, 1.54) is 4.90 Å². The normalized spacial score (nSPS) is 31.7. The molecule has 0 aliphatic carbocycles. The Labute approximate surface area is 122 Å². The van der Waals surface area contributed by atoms with Crippen molar-refractivity contribution in [3.8, 4) is 5.75 Å². The molecule has 0 radical (unpaired) electrons. The molecule has 1 aromatic rings. The number of methoxy groups -OCH3 is 1. The van der Waals surface area contributed by atoms with Crippen molar-refractivity contribution in [3.05, 3.63) is 33.9 Å². The third-order valence-electron chi connectivity index (χ3n) is 4.31. The molecule has 3 fully saturated rings. The van der Waals surface area contributed by atoms with Crippen LogP contribution < -0.4 is 9.64 Å². The molecule has 102 valence electrons. The monoisotopic (exact) mass is 324 g/mol. The zero-order valence-corrected chi connectivity index (χ0v) is 12.6. The van der Waals surface area contributed by atoms with Crippen molar-refractivity contribution in [2.45, 2.75) is 18.9 Å². The molecule has 3 aliphatic rings. The van der Waals surface area contributed by atoms with Gasteiger partial charge in [-0.25, -0.2) is 0 Å². The molecule has 0 spiro atoms. The zero-order valence-electron chi connectivity index (χ0n) is 11.0. The number of fused-ring (bicyclic) bond motifs is 3. The average molecular weight is 325 g/mol. The van der Waals surface area contributed by atoms with Gasteiger partial charge in [0, 0.05) is 34.9 Å². The number of quaternary nitrogens is 1. The Balaban J connectivity index is 1.99. The number of aliphatic hydroxyl groups is 1. The van der Waals surface area contributed by atoms with Crippen LogP contribution in [0.1, 0.15) is 18.4 Å². The quantitative estimate of drug-likeness (QED) is 0.863. The lowest BCUT2D eigenvalue weighted by molar-refractivity contribution is -0.880. The molecule has 4 heteroatoms. The van der Waals surface area contributed by atoms with Crippen LogP contribution in [0.4, 0.5) is 0 Å². The molecule has 4 rings (SSSR count). The number of rotatable bonds is 2. The molecule has 0 amide bonds. The first-order valence-corrected chi connectivity index (χ1v) is 7.56. The average Bonchev–Trinajstić information content (AvgIpc) is 2.43. The number of piperidine rings is 3. The standard InChI is InChI=1S/C15H18BrNO2/c1-19-14-3-2-12(16)8-11(14)9-13-15(18)10-4-6-17(13)7-5-10/h2-3,8-10,15,18H,4-7H2,1H3/p+1/b13-9-/t15-/m0/s1. The maximum atomic E-state index is 10.4. The van der Waals surface area contributed by atoms with Gasteiger partial charge in [-0.1, -0.05) is 15.9 Å². The number of aliphatic hydroxyl groups excluding tert-OH is 1. The first-order valence-electron chi connectivity index (χ1n) is 6.77. The summed E-state index contributed by atoms with van der Waals surface area (Å²) in [4.78, 5) is 1.43. The summed E-state index contributed by atoms with van der Waals surface area (Å²) in [6.45, 7) is 2.29. The third-order valence-corrected chi connectivity index (χ3v) is 4.80. The molecule has 1 atom stereocenters. The molecule has 2 N–H and O–H groups in total. The lowest BCUT2D eigenvalue weighted by Gasteiger charge is -2.41. The molecule has 3 nitrogen and oxygen atoms in total. The van der Waals surface area contributed by atoms with Gasteiger partial charge in [-0.2, -0.15) is 0 Å². The summed E-state index contributed by atoms with van der Waals surface area (Å²) in [7, 11) is 1.68. The molecule has 1 aromatic carbocycles. The Morgan fingerprint density at radius 1 is 1.37 bits per heavy atom. The Morgan fingerprint density at radius 3 is 2.74 bits per heavy atom. The molecule has 0 saturated carbocycles. The second-order valence-electron chi connectivity index (χ2n) is 5.37. The number of nitrogens with one attached hydrogen (secondary N) is 1. The highest BCUT2D eigenvalue weighted by Gasteiger charge is 2.41. The van der Waals surface area contributed by atoms with Crippen LogP contribution in [0.3, 0.4) is 0 Å². The van der Waals surface area contributed by atoms with Crippen molar-refractivity contribution < 1.29 is 14.7 Å². The summed E-state index contributed by atoms with van der Waals surface area (Å²) in [5.41, 5.74) is 2.16. The topological polar surface area (TPSA) is 33.9 Å². The fraction of sp³-hybridized carbons (Fsp3) is 0.467. The number of hydrogen-bond acceptors (Lipinski definition) is 2. The van der Waals surface area contributed by atoms with Gasteiger partial charge in [-0.3, -0.25) is 0 Å². The van der Waals surface area contributed by atoms with E-state index in [0.29, 0.717) is 5.92 Å². The van der Waals surface area contributed by atoms with Gasteiger partial charge in [0.25, 0.3) is 0 Å². The van der Waals surface area contributed by atoms with Crippen LogP contribution in [-0.2, 0) is 0 Å². The molecular formula is C15H19BrNO2+.